The van der Waals surface area contributed by atoms with Gasteiger partial charge in [-0.1, -0.05) is 19.3 Å². The highest BCUT2D eigenvalue weighted by Gasteiger charge is 2.39. The lowest BCUT2D eigenvalue weighted by molar-refractivity contribution is 0.203. The van der Waals surface area contributed by atoms with E-state index >= 15 is 0 Å². The molecule has 2 fully saturated rings. The SMILES string of the molecule is CN=C(NCCn1cccn1)N1CCC2(CCCCC2)C1. The van der Waals surface area contributed by atoms with Gasteiger partial charge in [-0.2, -0.15) is 5.10 Å². The molecule has 2 heterocycles. The molecule has 0 bridgehead atoms. The van der Waals surface area contributed by atoms with E-state index in [-0.39, 0.29) is 0 Å². The maximum atomic E-state index is 4.47. The van der Waals surface area contributed by atoms with Gasteiger partial charge in [-0.15, -0.1) is 0 Å². The van der Waals surface area contributed by atoms with Gasteiger partial charge < -0.3 is 10.2 Å². The second-order valence-corrected chi connectivity index (χ2v) is 6.48. The molecule has 5 nitrogen and oxygen atoms in total. The van der Waals surface area contributed by atoms with Crippen LogP contribution in [-0.2, 0) is 6.54 Å². The van der Waals surface area contributed by atoms with Gasteiger partial charge in [0.25, 0.3) is 0 Å². The number of aliphatic imine (C=N–C) groups is 1. The van der Waals surface area contributed by atoms with E-state index in [0.29, 0.717) is 5.41 Å². The molecule has 0 radical (unpaired) electrons. The Morgan fingerprint density at radius 2 is 2.14 bits per heavy atom. The maximum Gasteiger partial charge on any atom is 0.193 e. The summed E-state index contributed by atoms with van der Waals surface area (Å²) in [5, 5.41) is 7.71. The standard InChI is InChI=1S/C16H27N5/c1-17-15(18-10-13-21-11-5-9-19-21)20-12-8-16(14-20)6-3-2-4-7-16/h5,9,11H,2-4,6-8,10,12-14H2,1H3,(H,17,18). The van der Waals surface area contributed by atoms with Crippen LogP contribution in [0.2, 0.25) is 0 Å². The van der Waals surface area contributed by atoms with Crippen molar-refractivity contribution in [1.29, 1.82) is 0 Å². The second-order valence-electron chi connectivity index (χ2n) is 6.48. The van der Waals surface area contributed by atoms with Gasteiger partial charge in [-0.3, -0.25) is 9.67 Å². The molecule has 1 saturated heterocycles. The van der Waals surface area contributed by atoms with Crippen LogP contribution in [0, 0.1) is 5.41 Å². The van der Waals surface area contributed by atoms with Crippen LogP contribution in [0.1, 0.15) is 38.5 Å². The summed E-state index contributed by atoms with van der Waals surface area (Å²) in [7, 11) is 1.89. The molecule has 1 aromatic rings. The molecule has 1 aliphatic carbocycles. The number of hydrogen-bond acceptors (Lipinski definition) is 2. The molecule has 116 valence electrons. The van der Waals surface area contributed by atoms with Crippen LogP contribution in [0.4, 0.5) is 0 Å². The number of hydrogen-bond donors (Lipinski definition) is 1. The lowest BCUT2D eigenvalue weighted by Crippen LogP contribution is -2.42. The Morgan fingerprint density at radius 1 is 1.29 bits per heavy atom. The van der Waals surface area contributed by atoms with Gasteiger partial charge in [0.05, 0.1) is 6.54 Å². The predicted octanol–water partition coefficient (Wildman–Crippen LogP) is 2.11. The van der Waals surface area contributed by atoms with Crippen molar-refractivity contribution in [1.82, 2.24) is 20.0 Å². The van der Waals surface area contributed by atoms with Crippen LogP contribution >= 0.6 is 0 Å². The van der Waals surface area contributed by atoms with E-state index in [4.69, 9.17) is 0 Å². The van der Waals surface area contributed by atoms with Gasteiger partial charge in [0.2, 0.25) is 0 Å². The lowest BCUT2D eigenvalue weighted by Gasteiger charge is -2.33. The molecule has 0 amide bonds. The highest BCUT2D eigenvalue weighted by atomic mass is 15.3. The third-order valence-electron chi connectivity index (χ3n) is 5.05. The van der Waals surface area contributed by atoms with Gasteiger partial charge in [0.1, 0.15) is 0 Å². The summed E-state index contributed by atoms with van der Waals surface area (Å²) in [6.07, 6.45) is 12.2. The zero-order valence-corrected chi connectivity index (χ0v) is 13.1. The third kappa shape index (κ3) is 3.39. The Kier molecular flexibility index (Phi) is 4.46. The third-order valence-corrected chi connectivity index (χ3v) is 5.05. The number of nitrogens with one attached hydrogen (secondary N) is 1. The normalized spacial score (nSPS) is 22.0. The maximum absolute atomic E-state index is 4.47. The van der Waals surface area contributed by atoms with Crippen LogP contribution in [0.15, 0.2) is 23.5 Å². The molecule has 21 heavy (non-hydrogen) atoms. The molecule has 5 heteroatoms. The summed E-state index contributed by atoms with van der Waals surface area (Å²) < 4.78 is 1.95. The molecule has 1 saturated carbocycles. The van der Waals surface area contributed by atoms with Crippen molar-refractivity contribution in [3.8, 4) is 0 Å². The molecule has 0 aromatic carbocycles. The Hall–Kier alpha value is -1.52. The first-order chi connectivity index (χ1) is 10.3. The first-order valence-electron chi connectivity index (χ1n) is 8.24. The Balaban J connectivity index is 1.50. The van der Waals surface area contributed by atoms with E-state index in [2.05, 4.69) is 20.3 Å². The summed E-state index contributed by atoms with van der Waals surface area (Å²) in [5.74, 6) is 1.06. The highest BCUT2D eigenvalue weighted by molar-refractivity contribution is 5.80. The fourth-order valence-electron chi connectivity index (χ4n) is 3.87. The van der Waals surface area contributed by atoms with E-state index in [1.165, 1.54) is 45.1 Å². The fraction of sp³-hybridized carbons (Fsp3) is 0.750. The van der Waals surface area contributed by atoms with Crippen molar-refractivity contribution in [3.63, 3.8) is 0 Å². The van der Waals surface area contributed by atoms with Crippen molar-refractivity contribution in [2.75, 3.05) is 26.7 Å². The molecule has 2 aliphatic rings. The lowest BCUT2D eigenvalue weighted by atomic mass is 9.73. The van der Waals surface area contributed by atoms with Crippen LogP contribution in [-0.4, -0.2) is 47.3 Å². The van der Waals surface area contributed by atoms with Gasteiger partial charge in [0, 0.05) is 39.1 Å². The quantitative estimate of drug-likeness (QED) is 0.685. The monoisotopic (exact) mass is 289 g/mol. The van der Waals surface area contributed by atoms with Crippen LogP contribution in [0.3, 0.4) is 0 Å². The fourth-order valence-corrected chi connectivity index (χ4v) is 3.87. The van der Waals surface area contributed by atoms with E-state index in [1.54, 1.807) is 0 Å². The van der Waals surface area contributed by atoms with Gasteiger partial charge in [-0.05, 0) is 30.7 Å². The number of rotatable bonds is 3. The number of guanidine groups is 1. The van der Waals surface area contributed by atoms with Gasteiger partial charge >= 0.3 is 0 Å². The van der Waals surface area contributed by atoms with Crippen molar-refractivity contribution in [3.05, 3.63) is 18.5 Å². The molecule has 1 aromatic heterocycles. The molecule has 1 spiro atoms. The number of likely N-dealkylation sites (tertiary alicyclic amines) is 1. The summed E-state index contributed by atoms with van der Waals surface area (Å²) in [6.45, 7) is 4.10. The summed E-state index contributed by atoms with van der Waals surface area (Å²) in [5.41, 5.74) is 0.581. The van der Waals surface area contributed by atoms with Crippen molar-refractivity contribution in [2.24, 2.45) is 10.4 Å². The average Bonchev–Trinajstić information content (AvgIpc) is 3.15. The van der Waals surface area contributed by atoms with Crippen molar-refractivity contribution >= 4 is 5.96 Å². The van der Waals surface area contributed by atoms with E-state index < -0.39 is 0 Å². The van der Waals surface area contributed by atoms with Crippen LogP contribution in [0.25, 0.3) is 0 Å². The topological polar surface area (TPSA) is 45.5 Å². The Bertz CT molecular complexity index is 459. The average molecular weight is 289 g/mol. The van der Waals surface area contributed by atoms with Crippen molar-refractivity contribution < 1.29 is 0 Å². The first-order valence-corrected chi connectivity index (χ1v) is 8.24. The van der Waals surface area contributed by atoms with Crippen molar-refractivity contribution in [2.45, 2.75) is 45.1 Å². The van der Waals surface area contributed by atoms with E-state index in [1.807, 2.05) is 30.2 Å². The molecule has 0 atom stereocenters. The Morgan fingerprint density at radius 3 is 2.86 bits per heavy atom. The smallest absolute Gasteiger partial charge is 0.193 e. The molecule has 1 aliphatic heterocycles. The highest BCUT2D eigenvalue weighted by Crippen LogP contribution is 2.43. The molecule has 3 rings (SSSR count). The first kappa shape index (κ1) is 14.4. The summed E-state index contributed by atoms with van der Waals surface area (Å²) in [4.78, 5) is 6.92. The minimum Gasteiger partial charge on any atom is -0.354 e. The predicted molar refractivity (Wildman–Crippen MR) is 85.3 cm³/mol. The summed E-state index contributed by atoms with van der Waals surface area (Å²) in [6, 6.07) is 1.96. The minimum absolute atomic E-state index is 0.581. The van der Waals surface area contributed by atoms with Gasteiger partial charge in [0.15, 0.2) is 5.96 Å². The number of aromatic nitrogens is 2. The Labute approximate surface area is 127 Å². The van der Waals surface area contributed by atoms with Crippen LogP contribution < -0.4 is 5.32 Å². The zero-order valence-electron chi connectivity index (χ0n) is 13.1. The molecule has 1 N–H and O–H groups in total. The molecular formula is C16H27N5. The largest absolute Gasteiger partial charge is 0.354 e. The molecule has 0 unspecified atom stereocenters. The van der Waals surface area contributed by atoms with Crippen LogP contribution in [0.5, 0.6) is 0 Å². The van der Waals surface area contributed by atoms with Gasteiger partial charge in [-0.25, -0.2) is 0 Å². The second kappa shape index (κ2) is 6.50. The summed E-state index contributed by atoms with van der Waals surface area (Å²) >= 11 is 0. The zero-order chi connectivity index (χ0) is 14.5. The molecular weight excluding hydrogens is 262 g/mol. The van der Waals surface area contributed by atoms with E-state index in [0.717, 1.165) is 25.6 Å². The number of nitrogens with zero attached hydrogens (tertiary/aromatic N) is 4. The van der Waals surface area contributed by atoms with E-state index in [9.17, 15) is 0 Å². The minimum atomic E-state index is 0.581.